The van der Waals surface area contributed by atoms with Crippen molar-refractivity contribution >= 4 is 17.5 Å². The Labute approximate surface area is 201 Å². The van der Waals surface area contributed by atoms with Crippen molar-refractivity contribution < 1.29 is 14.0 Å². The average Bonchev–Trinajstić information content (AvgIpc) is 3.53. The summed E-state index contributed by atoms with van der Waals surface area (Å²) < 4.78 is 14.5. The molecule has 4 rings (SSSR count). The number of halogens is 1. The molecule has 0 radical (unpaired) electrons. The molecule has 34 heavy (non-hydrogen) atoms. The lowest BCUT2D eigenvalue weighted by Crippen LogP contribution is -2.50. The van der Waals surface area contributed by atoms with Crippen molar-refractivity contribution in [3.63, 3.8) is 0 Å². The first-order valence-corrected chi connectivity index (χ1v) is 12.5. The van der Waals surface area contributed by atoms with Crippen molar-refractivity contribution in [1.29, 1.82) is 0 Å². The van der Waals surface area contributed by atoms with Crippen LogP contribution in [0.1, 0.15) is 55.9 Å². The molecule has 0 spiro atoms. The normalized spacial score (nSPS) is 23.6. The van der Waals surface area contributed by atoms with Gasteiger partial charge in [-0.05, 0) is 44.4 Å². The van der Waals surface area contributed by atoms with Gasteiger partial charge in [0.25, 0.3) is 5.91 Å². The maximum absolute atomic E-state index is 14.5. The van der Waals surface area contributed by atoms with Crippen molar-refractivity contribution in [1.82, 2.24) is 20.5 Å². The van der Waals surface area contributed by atoms with Gasteiger partial charge in [0.2, 0.25) is 5.91 Å². The smallest absolute Gasteiger partial charge is 0.273 e. The van der Waals surface area contributed by atoms with E-state index in [0.29, 0.717) is 18.4 Å². The van der Waals surface area contributed by atoms with Gasteiger partial charge in [-0.3, -0.25) is 14.5 Å². The summed E-state index contributed by atoms with van der Waals surface area (Å²) in [6.45, 7) is 9.81. The molecule has 2 amide bonds. The first kappa shape index (κ1) is 24.4. The van der Waals surface area contributed by atoms with Gasteiger partial charge in [0.15, 0.2) is 11.5 Å². The molecule has 2 atom stereocenters. The highest BCUT2D eigenvalue weighted by atomic mass is 19.1. The van der Waals surface area contributed by atoms with Gasteiger partial charge in [-0.1, -0.05) is 25.7 Å². The van der Waals surface area contributed by atoms with Gasteiger partial charge in [-0.25, -0.2) is 9.37 Å². The van der Waals surface area contributed by atoms with Crippen LogP contribution in [0, 0.1) is 11.7 Å². The number of hydrogen-bond acceptors (Lipinski definition) is 5. The van der Waals surface area contributed by atoms with Crippen molar-refractivity contribution in [2.75, 3.05) is 37.6 Å². The van der Waals surface area contributed by atoms with E-state index < -0.39 is 11.7 Å². The lowest BCUT2D eigenvalue weighted by atomic mass is 10.1. The van der Waals surface area contributed by atoms with E-state index in [2.05, 4.69) is 32.0 Å². The van der Waals surface area contributed by atoms with Crippen molar-refractivity contribution in [3.05, 3.63) is 48.1 Å². The number of carbonyl (C=O) groups is 2. The van der Waals surface area contributed by atoms with E-state index in [1.165, 1.54) is 6.07 Å². The average molecular weight is 470 g/mol. The number of nitrogens with one attached hydrogen (secondary N) is 2. The lowest BCUT2D eigenvalue weighted by Gasteiger charge is -2.39. The fourth-order valence-corrected chi connectivity index (χ4v) is 5.01. The fraction of sp³-hybridized carbons (Fsp3) is 0.577. The Hall–Kier alpha value is -2.74. The minimum atomic E-state index is -0.562. The molecule has 2 N–H and O–H groups in total. The van der Waals surface area contributed by atoms with Crippen LogP contribution in [0.25, 0.3) is 0 Å². The Morgan fingerprint density at radius 3 is 2.62 bits per heavy atom. The summed E-state index contributed by atoms with van der Waals surface area (Å²) >= 11 is 0. The zero-order valence-corrected chi connectivity index (χ0v) is 20.1. The minimum Gasteiger partial charge on any atom is -0.368 e. The molecular weight excluding hydrogens is 433 g/mol. The van der Waals surface area contributed by atoms with Crippen LogP contribution in [-0.4, -0.2) is 66.5 Å². The number of anilines is 1. The van der Waals surface area contributed by atoms with Crippen molar-refractivity contribution in [2.45, 2.75) is 57.5 Å². The molecule has 3 aliphatic rings. The standard InChI is InChI=1S/C26H36FN5O2/c1-3-5-19(4-2)25(33)29-16-18-6-9-21(14-18)31-10-12-32(13-11-31)22-15-23(27)24(28-17-22)26(34)30-20-7-8-20/h3,5,15,17-18,20-21H,1,4,6-14,16H2,2H3,(H,29,33)(H,30,34)/b19-5-/t18-,21+/m1/s1. The van der Waals surface area contributed by atoms with Gasteiger partial charge in [-0.2, -0.15) is 0 Å². The Kier molecular flexibility index (Phi) is 7.98. The number of rotatable bonds is 9. The topological polar surface area (TPSA) is 77.6 Å². The van der Waals surface area contributed by atoms with Crippen molar-refractivity contribution in [3.8, 4) is 0 Å². The molecule has 8 heteroatoms. The zero-order chi connectivity index (χ0) is 24.1. The Balaban J connectivity index is 1.23. The molecule has 1 aromatic heterocycles. The molecule has 3 fully saturated rings. The summed E-state index contributed by atoms with van der Waals surface area (Å²) in [5.41, 5.74) is 1.37. The number of hydrogen-bond donors (Lipinski definition) is 2. The van der Waals surface area contributed by atoms with Crippen LogP contribution in [0.15, 0.2) is 36.6 Å². The molecule has 1 saturated heterocycles. The summed E-state index contributed by atoms with van der Waals surface area (Å²) in [5.74, 6) is -0.475. The van der Waals surface area contributed by atoms with E-state index in [4.69, 9.17) is 0 Å². The summed E-state index contributed by atoms with van der Waals surface area (Å²) in [7, 11) is 0. The van der Waals surface area contributed by atoms with Gasteiger partial charge < -0.3 is 15.5 Å². The molecular formula is C26H36FN5O2. The summed E-state index contributed by atoms with van der Waals surface area (Å²) in [6.07, 6.45) is 11.0. The third-order valence-electron chi connectivity index (χ3n) is 7.21. The molecule has 1 aromatic rings. The second-order valence-electron chi connectivity index (χ2n) is 9.62. The second kappa shape index (κ2) is 11.1. The Morgan fingerprint density at radius 1 is 1.21 bits per heavy atom. The number of carbonyl (C=O) groups excluding carboxylic acids is 2. The molecule has 0 unspecified atom stereocenters. The predicted molar refractivity (Wildman–Crippen MR) is 131 cm³/mol. The van der Waals surface area contributed by atoms with E-state index in [-0.39, 0.29) is 17.6 Å². The van der Waals surface area contributed by atoms with Crippen LogP contribution in [0.2, 0.25) is 0 Å². The van der Waals surface area contributed by atoms with E-state index in [9.17, 15) is 14.0 Å². The highest BCUT2D eigenvalue weighted by Gasteiger charge is 2.32. The Bertz CT molecular complexity index is 937. The number of aromatic nitrogens is 1. The van der Waals surface area contributed by atoms with E-state index >= 15 is 0 Å². The highest BCUT2D eigenvalue weighted by molar-refractivity contribution is 5.93. The largest absolute Gasteiger partial charge is 0.368 e. The van der Waals surface area contributed by atoms with E-state index in [0.717, 1.165) is 76.1 Å². The first-order valence-electron chi connectivity index (χ1n) is 12.5. The minimum absolute atomic E-state index is 0.0105. The lowest BCUT2D eigenvalue weighted by molar-refractivity contribution is -0.117. The van der Waals surface area contributed by atoms with Crippen LogP contribution in [0.3, 0.4) is 0 Å². The van der Waals surface area contributed by atoms with Gasteiger partial charge >= 0.3 is 0 Å². The summed E-state index contributed by atoms with van der Waals surface area (Å²) in [5, 5.41) is 5.88. The fourth-order valence-electron chi connectivity index (χ4n) is 5.01. The summed E-state index contributed by atoms with van der Waals surface area (Å²) in [6, 6.07) is 2.14. The second-order valence-corrected chi connectivity index (χ2v) is 9.62. The van der Waals surface area contributed by atoms with Crippen LogP contribution in [0.5, 0.6) is 0 Å². The highest BCUT2D eigenvalue weighted by Crippen LogP contribution is 2.30. The predicted octanol–water partition coefficient (Wildman–Crippen LogP) is 3.04. The van der Waals surface area contributed by atoms with Crippen LogP contribution in [-0.2, 0) is 4.79 Å². The monoisotopic (exact) mass is 469 g/mol. The van der Waals surface area contributed by atoms with Gasteiger partial charge in [0.1, 0.15) is 0 Å². The van der Waals surface area contributed by atoms with Crippen LogP contribution >= 0.6 is 0 Å². The van der Waals surface area contributed by atoms with Crippen molar-refractivity contribution in [2.24, 2.45) is 5.92 Å². The van der Waals surface area contributed by atoms with Crippen LogP contribution in [0.4, 0.5) is 10.1 Å². The van der Waals surface area contributed by atoms with Crippen LogP contribution < -0.4 is 15.5 Å². The number of nitrogens with zero attached hydrogens (tertiary/aromatic N) is 3. The van der Waals surface area contributed by atoms with Gasteiger partial charge in [-0.15, -0.1) is 0 Å². The molecule has 184 valence electrons. The molecule has 2 saturated carbocycles. The molecule has 0 aromatic carbocycles. The number of amides is 2. The van der Waals surface area contributed by atoms with E-state index in [1.807, 2.05) is 6.92 Å². The number of piperazine rings is 1. The number of allylic oxidation sites excluding steroid dienone is 2. The molecule has 7 nitrogen and oxygen atoms in total. The van der Waals surface area contributed by atoms with Gasteiger partial charge in [0.05, 0.1) is 11.9 Å². The molecule has 2 heterocycles. The molecule has 0 bridgehead atoms. The zero-order valence-electron chi connectivity index (χ0n) is 20.1. The Morgan fingerprint density at radius 2 is 1.97 bits per heavy atom. The summed E-state index contributed by atoms with van der Waals surface area (Å²) in [4.78, 5) is 33.2. The molecule has 2 aliphatic carbocycles. The third kappa shape index (κ3) is 6.03. The quantitative estimate of drug-likeness (QED) is 0.429. The van der Waals surface area contributed by atoms with Gasteiger partial charge in [0, 0.05) is 56.4 Å². The third-order valence-corrected chi connectivity index (χ3v) is 7.21. The maximum Gasteiger partial charge on any atom is 0.273 e. The SMILES string of the molecule is C=C/C=C(/CC)C(=O)NC[C@@H]1CC[C@H](N2CCN(c3cnc(C(=O)NC4CC4)c(F)c3)CC2)C1. The first-order chi connectivity index (χ1) is 16.5. The maximum atomic E-state index is 14.5. The number of pyridine rings is 1. The van der Waals surface area contributed by atoms with E-state index in [1.54, 1.807) is 18.3 Å². The molecule has 1 aliphatic heterocycles.